The molecule has 10 heteroatoms. The molecule has 4 rings (SSSR count). The molecule has 4 aromatic rings. The average Bonchev–Trinajstić information content (AvgIpc) is 2.82. The first-order valence-corrected chi connectivity index (χ1v) is 11.4. The highest BCUT2D eigenvalue weighted by Gasteiger charge is 2.30. The molecule has 0 radical (unpaired) electrons. The van der Waals surface area contributed by atoms with Gasteiger partial charge in [-0.25, -0.2) is 14.2 Å². The van der Waals surface area contributed by atoms with Gasteiger partial charge in [-0.05, 0) is 54.8 Å². The molecule has 36 heavy (non-hydrogen) atoms. The Hall–Kier alpha value is -3.85. The third-order valence-electron chi connectivity index (χ3n) is 5.62. The number of alkyl halides is 3. The fourth-order valence-electron chi connectivity index (χ4n) is 3.67. The van der Waals surface area contributed by atoms with E-state index < -0.39 is 23.1 Å². The zero-order valence-electron chi connectivity index (χ0n) is 19.4. The third kappa shape index (κ3) is 5.68. The number of anilines is 2. The Bertz CT molecular complexity index is 1530. The van der Waals surface area contributed by atoms with Gasteiger partial charge in [0.25, 0.3) is 0 Å². The highest BCUT2D eigenvalue weighted by atomic mass is 35.5. The molecule has 186 valence electrons. The minimum atomic E-state index is -4.55. The maximum Gasteiger partial charge on any atom is 0.416 e. The van der Waals surface area contributed by atoms with Gasteiger partial charge in [-0.1, -0.05) is 59.6 Å². The summed E-state index contributed by atoms with van der Waals surface area (Å²) in [6.45, 7) is 3.74. The summed E-state index contributed by atoms with van der Waals surface area (Å²) >= 11 is 6.12. The minimum Gasteiger partial charge on any atom is -0.325 e. The van der Waals surface area contributed by atoms with Crippen LogP contribution in [-0.2, 0) is 19.3 Å². The van der Waals surface area contributed by atoms with Crippen LogP contribution >= 0.6 is 11.6 Å². The van der Waals surface area contributed by atoms with E-state index in [0.717, 1.165) is 33.4 Å². The molecule has 0 saturated carbocycles. The van der Waals surface area contributed by atoms with E-state index >= 15 is 0 Å². The van der Waals surface area contributed by atoms with Crippen LogP contribution < -0.4 is 16.7 Å². The molecule has 0 aliphatic rings. The van der Waals surface area contributed by atoms with Crippen molar-refractivity contribution in [3.05, 3.63) is 121 Å². The predicted octanol–water partition coefficient (Wildman–Crippen LogP) is 5.53. The number of halogens is 4. The van der Waals surface area contributed by atoms with Crippen LogP contribution in [0.5, 0.6) is 0 Å². The van der Waals surface area contributed by atoms with Crippen molar-refractivity contribution in [2.45, 2.75) is 33.1 Å². The minimum absolute atomic E-state index is 0.00552. The van der Waals surface area contributed by atoms with Crippen LogP contribution in [0.25, 0.3) is 0 Å². The van der Waals surface area contributed by atoms with Gasteiger partial charge in [-0.15, -0.1) is 0 Å². The molecule has 1 heterocycles. The van der Waals surface area contributed by atoms with Crippen LogP contribution in [0.1, 0.15) is 27.8 Å². The van der Waals surface area contributed by atoms with E-state index in [1.807, 2.05) is 38.1 Å². The van der Waals surface area contributed by atoms with E-state index in [2.05, 4.69) is 10.3 Å². The molecule has 3 aromatic carbocycles. The van der Waals surface area contributed by atoms with Crippen LogP contribution in [0.2, 0.25) is 5.02 Å². The standard InChI is InChI=1S/C26H22ClF3N4O2/c1-16-6-8-18(9-7-16)14-34-24(35)32-23(31-21-5-3-4-20(13-21)26(28,29)30)33(25(34)36)15-19-10-11-22(27)17(2)12-19/h3-13H,14-15H2,1-2H3,(H,31,32,35). The largest absolute Gasteiger partial charge is 0.416 e. The van der Waals surface area contributed by atoms with Crippen molar-refractivity contribution in [2.75, 3.05) is 5.32 Å². The lowest BCUT2D eigenvalue weighted by Gasteiger charge is -2.17. The van der Waals surface area contributed by atoms with Crippen molar-refractivity contribution in [2.24, 2.45) is 0 Å². The molecule has 0 atom stereocenters. The number of nitrogens with zero attached hydrogens (tertiary/aromatic N) is 3. The van der Waals surface area contributed by atoms with Gasteiger partial charge in [0, 0.05) is 10.7 Å². The fraction of sp³-hybridized carbons (Fsp3) is 0.192. The molecule has 1 N–H and O–H groups in total. The first kappa shape index (κ1) is 25.2. The molecular weight excluding hydrogens is 493 g/mol. The zero-order chi connectivity index (χ0) is 26.0. The lowest BCUT2D eigenvalue weighted by atomic mass is 10.1. The van der Waals surface area contributed by atoms with Gasteiger partial charge in [-0.2, -0.15) is 18.2 Å². The number of rotatable bonds is 6. The Morgan fingerprint density at radius 1 is 0.889 bits per heavy atom. The monoisotopic (exact) mass is 514 g/mol. The zero-order valence-corrected chi connectivity index (χ0v) is 20.2. The topological polar surface area (TPSA) is 68.9 Å². The fourth-order valence-corrected chi connectivity index (χ4v) is 3.79. The van der Waals surface area contributed by atoms with Crippen molar-refractivity contribution in [1.82, 2.24) is 14.1 Å². The Morgan fingerprint density at radius 2 is 1.56 bits per heavy atom. The molecule has 0 saturated heterocycles. The van der Waals surface area contributed by atoms with E-state index in [-0.39, 0.29) is 24.7 Å². The SMILES string of the molecule is Cc1ccc(Cn2c(=O)nc(Nc3cccc(C(F)(F)F)c3)n(Cc3ccc(Cl)c(C)c3)c2=O)cc1. The predicted molar refractivity (Wildman–Crippen MR) is 133 cm³/mol. The highest BCUT2D eigenvalue weighted by molar-refractivity contribution is 6.31. The van der Waals surface area contributed by atoms with Gasteiger partial charge in [0.1, 0.15) is 0 Å². The van der Waals surface area contributed by atoms with Crippen molar-refractivity contribution < 1.29 is 13.2 Å². The van der Waals surface area contributed by atoms with Crippen LogP contribution in [0.3, 0.4) is 0 Å². The van der Waals surface area contributed by atoms with Gasteiger partial charge < -0.3 is 5.32 Å². The molecule has 0 fully saturated rings. The van der Waals surface area contributed by atoms with Gasteiger partial charge in [0.05, 0.1) is 18.7 Å². The molecule has 0 aliphatic heterocycles. The lowest BCUT2D eigenvalue weighted by molar-refractivity contribution is -0.137. The summed E-state index contributed by atoms with van der Waals surface area (Å²) in [6, 6.07) is 17.0. The molecule has 0 spiro atoms. The van der Waals surface area contributed by atoms with Crippen LogP contribution in [0, 0.1) is 13.8 Å². The van der Waals surface area contributed by atoms with Gasteiger partial charge in [0.15, 0.2) is 0 Å². The third-order valence-corrected chi connectivity index (χ3v) is 6.04. The first-order valence-electron chi connectivity index (χ1n) is 11.0. The molecule has 6 nitrogen and oxygen atoms in total. The number of aryl methyl sites for hydroxylation is 2. The summed E-state index contributed by atoms with van der Waals surface area (Å²) in [5.74, 6) is -0.169. The number of benzene rings is 3. The molecule has 0 amide bonds. The Morgan fingerprint density at radius 3 is 2.22 bits per heavy atom. The smallest absolute Gasteiger partial charge is 0.325 e. The quantitative estimate of drug-likeness (QED) is 0.367. The van der Waals surface area contributed by atoms with E-state index in [4.69, 9.17) is 11.6 Å². The summed E-state index contributed by atoms with van der Waals surface area (Å²) < 4.78 is 41.8. The molecular formula is C26H22ClF3N4O2. The summed E-state index contributed by atoms with van der Waals surface area (Å²) in [5, 5.41) is 3.28. The van der Waals surface area contributed by atoms with Crippen LogP contribution in [0.15, 0.2) is 76.3 Å². The maximum absolute atomic E-state index is 13.5. The Labute approximate surface area is 209 Å². The number of nitrogens with one attached hydrogen (secondary N) is 1. The van der Waals surface area contributed by atoms with E-state index in [1.165, 1.54) is 16.7 Å². The first-order chi connectivity index (χ1) is 17.0. The van der Waals surface area contributed by atoms with Gasteiger partial charge in [0.2, 0.25) is 5.95 Å². The summed E-state index contributed by atoms with van der Waals surface area (Å²) in [6.07, 6.45) is -4.55. The summed E-state index contributed by atoms with van der Waals surface area (Å²) in [4.78, 5) is 30.4. The summed E-state index contributed by atoms with van der Waals surface area (Å²) in [5.41, 5.74) is 0.936. The van der Waals surface area contributed by atoms with Crippen LogP contribution in [0.4, 0.5) is 24.8 Å². The van der Waals surface area contributed by atoms with Gasteiger partial charge >= 0.3 is 17.6 Å². The van der Waals surface area contributed by atoms with E-state index in [0.29, 0.717) is 10.6 Å². The Kier molecular flexibility index (Phi) is 7.03. The summed E-state index contributed by atoms with van der Waals surface area (Å²) in [7, 11) is 0. The maximum atomic E-state index is 13.5. The number of hydrogen-bond acceptors (Lipinski definition) is 4. The van der Waals surface area contributed by atoms with Crippen molar-refractivity contribution >= 4 is 23.2 Å². The molecule has 0 bridgehead atoms. The average molecular weight is 515 g/mol. The lowest BCUT2D eigenvalue weighted by Crippen LogP contribution is -2.43. The van der Waals surface area contributed by atoms with E-state index in [9.17, 15) is 22.8 Å². The van der Waals surface area contributed by atoms with Gasteiger partial charge in [-0.3, -0.25) is 4.57 Å². The number of hydrogen-bond donors (Lipinski definition) is 1. The molecule has 0 unspecified atom stereocenters. The van der Waals surface area contributed by atoms with Crippen molar-refractivity contribution in [3.63, 3.8) is 0 Å². The second kappa shape index (κ2) is 10.0. The number of aromatic nitrogens is 3. The Balaban J connectivity index is 1.80. The highest BCUT2D eigenvalue weighted by Crippen LogP contribution is 2.31. The molecule has 0 aliphatic carbocycles. The molecule has 1 aromatic heterocycles. The van der Waals surface area contributed by atoms with Crippen LogP contribution in [-0.4, -0.2) is 14.1 Å². The second-order valence-electron chi connectivity index (χ2n) is 8.45. The van der Waals surface area contributed by atoms with E-state index in [1.54, 1.807) is 18.2 Å². The normalized spacial score (nSPS) is 11.5. The van der Waals surface area contributed by atoms with Crippen molar-refractivity contribution in [3.8, 4) is 0 Å². The second-order valence-corrected chi connectivity index (χ2v) is 8.85. The van der Waals surface area contributed by atoms with Crippen molar-refractivity contribution in [1.29, 1.82) is 0 Å².